The van der Waals surface area contributed by atoms with Crippen molar-refractivity contribution in [1.29, 1.82) is 0 Å². The number of hydrogen-bond donors (Lipinski definition) is 0. The number of benzene rings is 6. The number of hydrogen-bond acceptors (Lipinski definition) is 4. The summed E-state index contributed by atoms with van der Waals surface area (Å²) in [5, 5.41) is 0. The molecule has 7 aromatic rings. The number of fused-ring (bicyclic) bond motifs is 8. The van der Waals surface area contributed by atoms with Gasteiger partial charge in [-0.1, -0.05) is 146 Å². The fourth-order valence-corrected chi connectivity index (χ4v) is 6.84. The molecule has 0 unspecified atom stereocenters. The second-order valence-electron chi connectivity index (χ2n) is 11.7. The third-order valence-electron chi connectivity index (χ3n) is 8.96. The Bertz CT molecular complexity index is 2210. The van der Waals surface area contributed by atoms with Crippen molar-refractivity contribution in [2.75, 3.05) is 4.81 Å². The Labute approximate surface area is 268 Å². The molecular formula is C41H27BN4. The Balaban J connectivity index is 1.28. The molecule has 214 valence electrons. The zero-order chi connectivity index (χ0) is 30.5. The van der Waals surface area contributed by atoms with Gasteiger partial charge in [0.2, 0.25) is 0 Å². The van der Waals surface area contributed by atoms with Crippen LogP contribution < -0.4 is 15.7 Å². The van der Waals surface area contributed by atoms with Gasteiger partial charge in [-0.25, -0.2) is 15.0 Å². The van der Waals surface area contributed by atoms with Gasteiger partial charge < -0.3 is 4.81 Å². The van der Waals surface area contributed by atoms with Gasteiger partial charge in [0.1, 0.15) is 0 Å². The van der Waals surface area contributed by atoms with Crippen LogP contribution in [0.5, 0.6) is 0 Å². The van der Waals surface area contributed by atoms with E-state index in [0.29, 0.717) is 17.5 Å². The van der Waals surface area contributed by atoms with Crippen LogP contribution in [0.3, 0.4) is 0 Å². The zero-order valence-corrected chi connectivity index (χ0v) is 25.0. The third kappa shape index (κ3) is 4.36. The third-order valence-corrected chi connectivity index (χ3v) is 8.96. The minimum absolute atomic E-state index is 0.0423. The lowest BCUT2D eigenvalue weighted by Crippen LogP contribution is -2.59. The minimum Gasteiger partial charge on any atom is -0.382 e. The fourth-order valence-electron chi connectivity index (χ4n) is 6.84. The number of rotatable bonds is 4. The molecular weight excluding hydrogens is 559 g/mol. The summed E-state index contributed by atoms with van der Waals surface area (Å²) in [5.41, 5.74) is 12.7. The van der Waals surface area contributed by atoms with E-state index < -0.39 is 0 Å². The highest BCUT2D eigenvalue weighted by atomic mass is 15.1. The lowest BCUT2D eigenvalue weighted by molar-refractivity contribution is 1.07. The molecule has 0 aliphatic carbocycles. The summed E-state index contributed by atoms with van der Waals surface area (Å²) in [6, 6.07) is 53.1. The van der Waals surface area contributed by atoms with Crippen molar-refractivity contribution < 1.29 is 0 Å². The highest BCUT2D eigenvalue weighted by Crippen LogP contribution is 2.43. The van der Waals surface area contributed by atoms with Gasteiger partial charge in [0, 0.05) is 27.9 Å². The first-order chi connectivity index (χ1) is 22.8. The Morgan fingerprint density at radius 2 is 1.00 bits per heavy atom. The van der Waals surface area contributed by atoms with E-state index in [1.54, 1.807) is 0 Å². The van der Waals surface area contributed by atoms with Crippen LogP contribution in [0.25, 0.3) is 62.5 Å². The molecule has 2 aliphatic heterocycles. The summed E-state index contributed by atoms with van der Waals surface area (Å²) >= 11 is 0. The van der Waals surface area contributed by atoms with Gasteiger partial charge in [-0.2, -0.15) is 0 Å². The average molecular weight is 587 g/mol. The summed E-state index contributed by atoms with van der Waals surface area (Å²) in [6.07, 6.45) is 4.45. The summed E-state index contributed by atoms with van der Waals surface area (Å²) in [6.45, 7) is 0.0423. The van der Waals surface area contributed by atoms with Crippen LogP contribution >= 0.6 is 0 Å². The molecule has 0 fully saturated rings. The molecule has 2 aliphatic rings. The van der Waals surface area contributed by atoms with E-state index in [9.17, 15) is 0 Å². The van der Waals surface area contributed by atoms with Gasteiger partial charge in [-0.15, -0.1) is 0 Å². The van der Waals surface area contributed by atoms with Crippen LogP contribution in [-0.4, -0.2) is 21.8 Å². The van der Waals surface area contributed by atoms with Gasteiger partial charge in [0.25, 0.3) is 0 Å². The average Bonchev–Trinajstić information content (AvgIpc) is 3.15. The predicted molar refractivity (Wildman–Crippen MR) is 190 cm³/mol. The first kappa shape index (κ1) is 26.3. The fraction of sp³-hybridized carbons (Fsp3) is 0. The molecule has 0 radical (unpaired) electrons. The molecule has 4 nitrogen and oxygen atoms in total. The Morgan fingerprint density at radius 3 is 1.67 bits per heavy atom. The molecule has 0 bridgehead atoms. The van der Waals surface area contributed by atoms with Gasteiger partial charge in [0.15, 0.2) is 17.5 Å². The van der Waals surface area contributed by atoms with Crippen LogP contribution in [0.2, 0.25) is 0 Å². The molecule has 0 saturated heterocycles. The quantitative estimate of drug-likeness (QED) is 0.196. The van der Waals surface area contributed by atoms with Crippen molar-refractivity contribution in [2.24, 2.45) is 0 Å². The number of aromatic nitrogens is 3. The van der Waals surface area contributed by atoms with E-state index in [0.717, 1.165) is 22.4 Å². The van der Waals surface area contributed by atoms with E-state index in [1.807, 2.05) is 60.7 Å². The topological polar surface area (TPSA) is 41.9 Å². The Hall–Kier alpha value is -6.07. The van der Waals surface area contributed by atoms with Crippen molar-refractivity contribution in [3.8, 4) is 56.4 Å². The Kier molecular flexibility index (Phi) is 6.20. The summed E-state index contributed by atoms with van der Waals surface area (Å²) < 4.78 is 0. The van der Waals surface area contributed by atoms with E-state index in [2.05, 4.69) is 108 Å². The normalized spacial score (nSPS) is 12.6. The largest absolute Gasteiger partial charge is 0.382 e. The highest BCUT2D eigenvalue weighted by Gasteiger charge is 2.39. The second kappa shape index (κ2) is 10.8. The van der Waals surface area contributed by atoms with Crippen molar-refractivity contribution in [1.82, 2.24) is 15.0 Å². The van der Waals surface area contributed by atoms with Crippen LogP contribution in [0.4, 0.5) is 5.69 Å². The standard InChI is InChI=1S/C41H27BN4/c1-4-13-28(14-5-1)33-20-12-22-36-38(33)34-24-23-32(27-37(34)46-26-25-29-15-10-11-21-35(29)42(36)46)41-44-39(30-16-6-2-7-17-30)43-40(45-41)31-18-8-3-9-19-31/h1-27H. The minimum atomic E-state index is 0.0423. The van der Waals surface area contributed by atoms with Crippen LogP contribution in [0.15, 0.2) is 158 Å². The molecule has 3 heterocycles. The molecule has 5 heteroatoms. The molecule has 0 atom stereocenters. The maximum atomic E-state index is 5.04. The van der Waals surface area contributed by atoms with Gasteiger partial charge in [-0.05, 0) is 51.5 Å². The molecule has 0 amide bonds. The first-order valence-corrected chi connectivity index (χ1v) is 15.6. The maximum absolute atomic E-state index is 5.04. The van der Waals surface area contributed by atoms with Crippen molar-refractivity contribution in [2.45, 2.75) is 0 Å². The highest BCUT2D eigenvalue weighted by molar-refractivity contribution is 6.91. The van der Waals surface area contributed by atoms with Crippen LogP contribution in [-0.2, 0) is 0 Å². The first-order valence-electron chi connectivity index (χ1n) is 15.6. The van der Waals surface area contributed by atoms with Crippen molar-refractivity contribution >= 4 is 29.5 Å². The number of anilines is 1. The zero-order valence-electron chi connectivity index (χ0n) is 25.0. The van der Waals surface area contributed by atoms with Crippen LogP contribution in [0, 0.1) is 0 Å². The summed E-state index contributed by atoms with van der Waals surface area (Å²) in [4.78, 5) is 17.4. The molecule has 9 rings (SSSR count). The molecule has 0 spiro atoms. The maximum Gasteiger partial charge on any atom is 0.328 e. The molecule has 6 aromatic carbocycles. The molecule has 1 aromatic heterocycles. The Morgan fingerprint density at radius 1 is 0.435 bits per heavy atom. The lowest BCUT2D eigenvalue weighted by atomic mass is 9.44. The summed E-state index contributed by atoms with van der Waals surface area (Å²) in [5.74, 6) is 1.96. The van der Waals surface area contributed by atoms with Crippen molar-refractivity contribution in [3.63, 3.8) is 0 Å². The number of nitrogens with zero attached hydrogens (tertiary/aromatic N) is 4. The van der Waals surface area contributed by atoms with Gasteiger partial charge >= 0.3 is 6.85 Å². The van der Waals surface area contributed by atoms with E-state index in [1.165, 1.54) is 38.7 Å². The van der Waals surface area contributed by atoms with E-state index >= 15 is 0 Å². The monoisotopic (exact) mass is 586 g/mol. The predicted octanol–water partition coefficient (Wildman–Crippen LogP) is 8.12. The molecule has 0 N–H and O–H groups in total. The second-order valence-corrected chi connectivity index (χ2v) is 11.7. The molecule has 46 heavy (non-hydrogen) atoms. The summed E-state index contributed by atoms with van der Waals surface area (Å²) in [7, 11) is 0. The van der Waals surface area contributed by atoms with Crippen LogP contribution in [0.1, 0.15) is 5.56 Å². The molecule has 0 saturated carbocycles. The lowest BCUT2D eigenvalue weighted by Gasteiger charge is -2.40. The van der Waals surface area contributed by atoms with Gasteiger partial charge in [-0.3, -0.25) is 0 Å². The smallest absolute Gasteiger partial charge is 0.328 e. The SMILES string of the molecule is C1=CN2B(c3ccccc31)c1cccc(-c3ccccc3)c1-c1ccc(-c3nc(-c4ccccc4)nc(-c4ccccc4)n3)cc12. The van der Waals surface area contributed by atoms with E-state index in [-0.39, 0.29) is 6.85 Å². The van der Waals surface area contributed by atoms with Gasteiger partial charge in [0.05, 0.1) is 0 Å². The van der Waals surface area contributed by atoms with Crippen molar-refractivity contribution in [3.05, 3.63) is 163 Å². The van der Waals surface area contributed by atoms with E-state index in [4.69, 9.17) is 15.0 Å².